The maximum absolute atomic E-state index is 13.0. The second-order valence-corrected chi connectivity index (χ2v) is 8.14. The Bertz CT molecular complexity index is 904. The average Bonchev–Trinajstić information content (AvgIpc) is 3.26. The van der Waals surface area contributed by atoms with Crippen molar-refractivity contribution in [1.82, 2.24) is 14.8 Å². The first kappa shape index (κ1) is 19.4. The van der Waals surface area contributed by atoms with Crippen LogP contribution in [0.1, 0.15) is 22.3 Å². The van der Waals surface area contributed by atoms with Crippen LogP contribution in [0.15, 0.2) is 48.8 Å². The summed E-state index contributed by atoms with van der Waals surface area (Å²) < 4.78 is 0. The zero-order valence-electron chi connectivity index (χ0n) is 16.3. The van der Waals surface area contributed by atoms with Crippen LogP contribution in [-0.4, -0.2) is 64.4 Å². The molecule has 2 amide bonds. The molecule has 2 aromatic rings. The van der Waals surface area contributed by atoms with Crippen LogP contribution in [0.25, 0.3) is 0 Å². The molecule has 152 valence electrons. The molecule has 0 saturated carbocycles. The van der Waals surface area contributed by atoms with Crippen LogP contribution in [0, 0.1) is 11.3 Å². The zero-order chi connectivity index (χ0) is 20.4. The molecule has 1 aromatic heterocycles. The third kappa shape index (κ3) is 3.82. The van der Waals surface area contributed by atoms with Crippen molar-refractivity contribution >= 4 is 11.8 Å². The van der Waals surface area contributed by atoms with Gasteiger partial charge in [-0.2, -0.15) is 0 Å². The van der Waals surface area contributed by atoms with Gasteiger partial charge < -0.3 is 20.6 Å². The summed E-state index contributed by atoms with van der Waals surface area (Å²) in [5, 5.41) is 9.66. The van der Waals surface area contributed by atoms with Gasteiger partial charge in [0.1, 0.15) is 5.75 Å². The molecule has 1 aromatic carbocycles. The molecule has 2 aliphatic rings. The maximum atomic E-state index is 13.0. The van der Waals surface area contributed by atoms with E-state index in [9.17, 15) is 14.7 Å². The predicted octanol–water partition coefficient (Wildman–Crippen LogP) is 1.28. The number of carbonyl (C=O) groups excluding carboxylic acids is 2. The lowest BCUT2D eigenvalue weighted by Gasteiger charge is -2.29. The standard InChI is InChI=1S/C22H26N4O3/c23-9-20(28)25-12-18-13-26(21(29)17-8-19(27)11-24-10-17)15-22(18,14-25)7-6-16-4-2-1-3-5-16/h1-5,8,10-11,18,27H,6-7,9,12-15,23H2. The van der Waals surface area contributed by atoms with Gasteiger partial charge in [0, 0.05) is 43.7 Å². The number of pyridine rings is 1. The second-order valence-electron chi connectivity index (χ2n) is 8.14. The number of benzene rings is 1. The fourth-order valence-corrected chi connectivity index (χ4v) is 4.78. The third-order valence-electron chi connectivity index (χ3n) is 6.30. The van der Waals surface area contributed by atoms with Gasteiger partial charge in [0.25, 0.3) is 5.91 Å². The summed E-state index contributed by atoms with van der Waals surface area (Å²) in [6, 6.07) is 11.7. The lowest BCUT2D eigenvalue weighted by Crippen LogP contribution is -2.40. The van der Waals surface area contributed by atoms with Crippen LogP contribution >= 0.6 is 0 Å². The number of likely N-dealkylation sites (tertiary alicyclic amines) is 2. The molecule has 7 nitrogen and oxygen atoms in total. The lowest BCUT2D eigenvalue weighted by molar-refractivity contribution is -0.129. The Labute approximate surface area is 170 Å². The number of amides is 2. The smallest absolute Gasteiger partial charge is 0.255 e. The Kier molecular flexibility index (Phi) is 5.24. The van der Waals surface area contributed by atoms with E-state index >= 15 is 0 Å². The number of hydrogen-bond donors (Lipinski definition) is 2. The SMILES string of the molecule is NCC(=O)N1CC2CN(C(=O)c3cncc(O)c3)CC2(CCc2ccccc2)C1. The maximum Gasteiger partial charge on any atom is 0.255 e. The molecular formula is C22H26N4O3. The predicted molar refractivity (Wildman–Crippen MR) is 108 cm³/mol. The normalized spacial score (nSPS) is 23.3. The fourth-order valence-electron chi connectivity index (χ4n) is 4.78. The molecule has 3 heterocycles. The van der Waals surface area contributed by atoms with Crippen LogP contribution in [0.3, 0.4) is 0 Å². The zero-order valence-corrected chi connectivity index (χ0v) is 16.3. The summed E-state index contributed by atoms with van der Waals surface area (Å²) >= 11 is 0. The quantitative estimate of drug-likeness (QED) is 0.796. The minimum absolute atomic E-state index is 0.0130. The molecule has 2 atom stereocenters. The van der Waals surface area contributed by atoms with Crippen LogP contribution in [0.4, 0.5) is 0 Å². The molecule has 0 aliphatic carbocycles. The Morgan fingerprint density at radius 2 is 1.86 bits per heavy atom. The van der Waals surface area contributed by atoms with Crippen molar-refractivity contribution in [3.8, 4) is 5.75 Å². The average molecular weight is 394 g/mol. The number of aromatic hydroxyl groups is 1. The molecule has 2 aliphatic heterocycles. The summed E-state index contributed by atoms with van der Waals surface area (Å²) in [6.07, 6.45) is 4.60. The van der Waals surface area contributed by atoms with Gasteiger partial charge >= 0.3 is 0 Å². The number of aryl methyl sites for hydroxylation is 1. The first-order chi connectivity index (χ1) is 14.0. The highest BCUT2D eigenvalue weighted by molar-refractivity contribution is 5.94. The molecule has 0 bridgehead atoms. The van der Waals surface area contributed by atoms with E-state index in [4.69, 9.17) is 5.73 Å². The molecule has 3 N–H and O–H groups in total. The lowest BCUT2D eigenvalue weighted by atomic mass is 9.76. The number of hydrogen-bond acceptors (Lipinski definition) is 5. The molecule has 2 fully saturated rings. The van der Waals surface area contributed by atoms with E-state index in [0.29, 0.717) is 31.7 Å². The van der Waals surface area contributed by atoms with Crippen molar-refractivity contribution in [3.63, 3.8) is 0 Å². The number of carbonyl (C=O) groups is 2. The van der Waals surface area contributed by atoms with Gasteiger partial charge in [0.15, 0.2) is 0 Å². The number of aromatic nitrogens is 1. The first-order valence-electron chi connectivity index (χ1n) is 9.96. The fraction of sp³-hybridized carbons (Fsp3) is 0.409. The number of nitrogens with two attached hydrogens (primary N) is 1. The summed E-state index contributed by atoms with van der Waals surface area (Å²) in [4.78, 5) is 32.8. The van der Waals surface area contributed by atoms with E-state index in [0.717, 1.165) is 12.8 Å². The third-order valence-corrected chi connectivity index (χ3v) is 6.30. The highest BCUT2D eigenvalue weighted by Crippen LogP contribution is 2.46. The Morgan fingerprint density at radius 3 is 2.59 bits per heavy atom. The monoisotopic (exact) mass is 394 g/mol. The number of rotatable bonds is 5. The largest absolute Gasteiger partial charge is 0.506 e. The van der Waals surface area contributed by atoms with E-state index in [1.807, 2.05) is 28.0 Å². The van der Waals surface area contributed by atoms with E-state index in [1.54, 1.807) is 0 Å². The van der Waals surface area contributed by atoms with Crippen LogP contribution < -0.4 is 5.73 Å². The van der Waals surface area contributed by atoms with Gasteiger partial charge in [-0.05, 0) is 24.5 Å². The molecular weight excluding hydrogens is 368 g/mol. The van der Waals surface area contributed by atoms with Crippen molar-refractivity contribution in [1.29, 1.82) is 0 Å². The summed E-state index contributed by atoms with van der Waals surface area (Å²) in [6.45, 7) is 2.46. The summed E-state index contributed by atoms with van der Waals surface area (Å²) in [5.74, 6) is 0.0387. The highest BCUT2D eigenvalue weighted by atomic mass is 16.3. The number of fused-ring (bicyclic) bond motifs is 1. The molecule has 7 heteroatoms. The molecule has 29 heavy (non-hydrogen) atoms. The van der Waals surface area contributed by atoms with Crippen molar-refractivity contribution in [2.24, 2.45) is 17.1 Å². The summed E-state index contributed by atoms with van der Waals surface area (Å²) in [7, 11) is 0. The molecule has 0 radical (unpaired) electrons. The van der Waals surface area contributed by atoms with Crippen molar-refractivity contribution in [3.05, 3.63) is 59.9 Å². The van der Waals surface area contributed by atoms with Crippen molar-refractivity contribution in [2.45, 2.75) is 12.8 Å². The minimum Gasteiger partial charge on any atom is -0.506 e. The van der Waals surface area contributed by atoms with Crippen LogP contribution in [-0.2, 0) is 11.2 Å². The van der Waals surface area contributed by atoms with Crippen LogP contribution in [0.2, 0.25) is 0 Å². The molecule has 2 unspecified atom stereocenters. The van der Waals surface area contributed by atoms with E-state index in [1.165, 1.54) is 24.0 Å². The van der Waals surface area contributed by atoms with Gasteiger partial charge in [0.2, 0.25) is 5.91 Å². The molecule has 0 spiro atoms. The first-order valence-corrected chi connectivity index (χ1v) is 9.96. The minimum atomic E-state index is -0.138. The van der Waals surface area contributed by atoms with Gasteiger partial charge in [-0.3, -0.25) is 14.6 Å². The topological polar surface area (TPSA) is 99.8 Å². The van der Waals surface area contributed by atoms with Crippen molar-refractivity contribution in [2.75, 3.05) is 32.7 Å². The van der Waals surface area contributed by atoms with Gasteiger partial charge in [-0.25, -0.2) is 0 Å². The Hall–Kier alpha value is -2.93. The summed E-state index contributed by atoms with van der Waals surface area (Å²) in [5.41, 5.74) is 7.09. The van der Waals surface area contributed by atoms with E-state index in [2.05, 4.69) is 17.1 Å². The van der Waals surface area contributed by atoms with Crippen molar-refractivity contribution < 1.29 is 14.7 Å². The Morgan fingerprint density at radius 1 is 1.14 bits per heavy atom. The van der Waals surface area contributed by atoms with Gasteiger partial charge in [-0.1, -0.05) is 30.3 Å². The Balaban J connectivity index is 1.54. The van der Waals surface area contributed by atoms with Crippen LogP contribution in [0.5, 0.6) is 5.75 Å². The van der Waals surface area contributed by atoms with Gasteiger partial charge in [-0.15, -0.1) is 0 Å². The number of nitrogens with zero attached hydrogens (tertiary/aromatic N) is 3. The van der Waals surface area contributed by atoms with E-state index in [-0.39, 0.29) is 35.4 Å². The molecule has 2 saturated heterocycles. The van der Waals surface area contributed by atoms with Gasteiger partial charge in [0.05, 0.1) is 18.3 Å². The second kappa shape index (κ2) is 7.83. The van der Waals surface area contributed by atoms with E-state index < -0.39 is 0 Å². The highest BCUT2D eigenvalue weighted by Gasteiger charge is 2.53. The molecule has 4 rings (SSSR count).